The predicted octanol–water partition coefficient (Wildman–Crippen LogP) is 3.03. The van der Waals surface area contributed by atoms with Crippen molar-refractivity contribution in [3.63, 3.8) is 0 Å². The average molecular weight is 328 g/mol. The second kappa shape index (κ2) is 8.36. The lowest BCUT2D eigenvalue weighted by molar-refractivity contribution is -0.116. The third-order valence-corrected chi connectivity index (χ3v) is 3.73. The molecule has 0 aliphatic heterocycles. The summed E-state index contributed by atoms with van der Waals surface area (Å²) in [5.74, 6) is 2.14. The molecule has 1 unspecified atom stereocenters. The van der Waals surface area contributed by atoms with Crippen LogP contribution in [0.2, 0.25) is 0 Å². The van der Waals surface area contributed by atoms with Crippen molar-refractivity contribution in [2.45, 2.75) is 13.0 Å². The van der Waals surface area contributed by atoms with Crippen molar-refractivity contribution in [2.24, 2.45) is 0 Å². The molecule has 0 radical (unpaired) electrons. The summed E-state index contributed by atoms with van der Waals surface area (Å²) in [5.41, 5.74) is 1.09. The van der Waals surface area contributed by atoms with Gasteiger partial charge in [-0.1, -0.05) is 12.1 Å². The van der Waals surface area contributed by atoms with E-state index in [1.165, 1.54) is 6.08 Å². The maximum absolute atomic E-state index is 12.0. The van der Waals surface area contributed by atoms with E-state index in [2.05, 4.69) is 10.2 Å². The fourth-order valence-corrected chi connectivity index (χ4v) is 2.40. The summed E-state index contributed by atoms with van der Waals surface area (Å²) in [6, 6.07) is 11.6. The topological polar surface area (TPSA) is 54.7 Å². The molecule has 1 N–H and O–H groups in total. The van der Waals surface area contributed by atoms with E-state index in [1.54, 1.807) is 13.2 Å². The van der Waals surface area contributed by atoms with Gasteiger partial charge < -0.3 is 19.4 Å². The average Bonchev–Trinajstić information content (AvgIpc) is 2.98. The number of carbonyl (C=O) groups is 1. The van der Waals surface area contributed by atoms with E-state index in [4.69, 9.17) is 9.15 Å². The van der Waals surface area contributed by atoms with Crippen LogP contribution >= 0.6 is 0 Å². The molecule has 0 aliphatic carbocycles. The van der Waals surface area contributed by atoms with Gasteiger partial charge in [-0.2, -0.15) is 0 Å². The molecule has 2 rings (SSSR count). The van der Waals surface area contributed by atoms with Gasteiger partial charge in [-0.05, 0) is 56.9 Å². The molecule has 1 aromatic carbocycles. The van der Waals surface area contributed by atoms with E-state index in [0.29, 0.717) is 12.3 Å². The molecule has 2 aromatic rings. The first kappa shape index (κ1) is 17.8. The Kier molecular flexibility index (Phi) is 6.21. The van der Waals surface area contributed by atoms with Gasteiger partial charge in [0, 0.05) is 12.6 Å². The number of amides is 1. The van der Waals surface area contributed by atoms with Crippen LogP contribution < -0.4 is 10.1 Å². The van der Waals surface area contributed by atoms with Crippen LogP contribution in [0, 0.1) is 6.92 Å². The number of nitrogens with zero attached hydrogens (tertiary/aromatic N) is 1. The van der Waals surface area contributed by atoms with Crippen LogP contribution in [0.3, 0.4) is 0 Å². The fourth-order valence-electron chi connectivity index (χ4n) is 2.40. The third-order valence-electron chi connectivity index (χ3n) is 3.73. The normalized spacial score (nSPS) is 12.5. The Balaban J connectivity index is 1.98. The van der Waals surface area contributed by atoms with Gasteiger partial charge in [0.05, 0.1) is 13.2 Å². The highest BCUT2D eigenvalue weighted by molar-refractivity contribution is 5.91. The van der Waals surface area contributed by atoms with Crippen molar-refractivity contribution in [2.75, 3.05) is 27.7 Å². The first-order valence-electron chi connectivity index (χ1n) is 7.82. The first-order chi connectivity index (χ1) is 11.5. The summed E-state index contributed by atoms with van der Waals surface area (Å²) in [4.78, 5) is 14.1. The monoisotopic (exact) mass is 328 g/mol. The lowest BCUT2D eigenvalue weighted by Crippen LogP contribution is -2.33. The van der Waals surface area contributed by atoms with Crippen LogP contribution in [0.25, 0.3) is 6.08 Å². The lowest BCUT2D eigenvalue weighted by Gasteiger charge is -2.25. The van der Waals surface area contributed by atoms with Gasteiger partial charge in [0.1, 0.15) is 17.3 Å². The molecule has 1 heterocycles. The van der Waals surface area contributed by atoms with E-state index >= 15 is 0 Å². The molecule has 1 amide bonds. The molecule has 128 valence electrons. The molecule has 0 fully saturated rings. The van der Waals surface area contributed by atoms with Gasteiger partial charge >= 0.3 is 0 Å². The number of furan rings is 1. The minimum atomic E-state index is -0.154. The Morgan fingerprint density at radius 2 is 2.12 bits per heavy atom. The van der Waals surface area contributed by atoms with E-state index in [0.717, 1.165) is 17.1 Å². The van der Waals surface area contributed by atoms with Gasteiger partial charge in [0.15, 0.2) is 0 Å². The smallest absolute Gasteiger partial charge is 0.244 e. The van der Waals surface area contributed by atoms with E-state index in [1.807, 2.05) is 57.4 Å². The molecule has 1 atom stereocenters. The second-order valence-corrected chi connectivity index (χ2v) is 5.78. The molecule has 0 saturated carbocycles. The Bertz CT molecular complexity index is 704. The number of rotatable bonds is 7. The number of likely N-dealkylation sites (N-methyl/N-ethyl adjacent to an activating group) is 1. The summed E-state index contributed by atoms with van der Waals surface area (Å²) >= 11 is 0. The van der Waals surface area contributed by atoms with E-state index in [-0.39, 0.29) is 11.9 Å². The summed E-state index contributed by atoms with van der Waals surface area (Å²) in [6.07, 6.45) is 3.15. The zero-order valence-electron chi connectivity index (χ0n) is 14.6. The number of hydrogen-bond acceptors (Lipinski definition) is 4. The molecule has 0 bridgehead atoms. The van der Waals surface area contributed by atoms with Crippen LogP contribution in [-0.4, -0.2) is 38.6 Å². The van der Waals surface area contributed by atoms with Crippen molar-refractivity contribution in [1.29, 1.82) is 0 Å². The van der Waals surface area contributed by atoms with Crippen molar-refractivity contribution < 1.29 is 13.9 Å². The highest BCUT2D eigenvalue weighted by Crippen LogP contribution is 2.22. The van der Waals surface area contributed by atoms with Crippen LogP contribution in [0.15, 0.2) is 46.9 Å². The number of ether oxygens (including phenoxy) is 1. The molecule has 24 heavy (non-hydrogen) atoms. The van der Waals surface area contributed by atoms with Gasteiger partial charge in [0.25, 0.3) is 0 Å². The maximum Gasteiger partial charge on any atom is 0.244 e. The summed E-state index contributed by atoms with van der Waals surface area (Å²) in [6.45, 7) is 2.37. The highest BCUT2D eigenvalue weighted by Gasteiger charge is 2.15. The Hall–Kier alpha value is -2.53. The highest BCUT2D eigenvalue weighted by atomic mass is 16.5. The standard InChI is InChI=1S/C19H24N2O3/c1-14-8-9-16(24-14)10-11-19(22)20-13-18(21(2)3)15-6-5-7-17(12-15)23-4/h5-12,18H,13H2,1-4H3,(H,20,22)/b11-10+. The summed E-state index contributed by atoms with van der Waals surface area (Å²) in [7, 11) is 5.61. The van der Waals surface area contributed by atoms with Gasteiger partial charge in [-0.25, -0.2) is 0 Å². The second-order valence-electron chi connectivity index (χ2n) is 5.78. The molecule has 5 heteroatoms. The van der Waals surface area contributed by atoms with Crippen LogP contribution in [0.4, 0.5) is 0 Å². The lowest BCUT2D eigenvalue weighted by atomic mass is 10.1. The van der Waals surface area contributed by atoms with Crippen molar-refractivity contribution in [1.82, 2.24) is 10.2 Å². The van der Waals surface area contributed by atoms with Crippen LogP contribution in [0.1, 0.15) is 23.1 Å². The first-order valence-corrected chi connectivity index (χ1v) is 7.82. The van der Waals surface area contributed by atoms with E-state index in [9.17, 15) is 4.79 Å². The molecular weight excluding hydrogens is 304 g/mol. The summed E-state index contributed by atoms with van der Waals surface area (Å²) < 4.78 is 10.7. The van der Waals surface area contributed by atoms with Gasteiger partial charge in [-0.15, -0.1) is 0 Å². The quantitative estimate of drug-likeness (QED) is 0.794. The molecular formula is C19H24N2O3. The van der Waals surface area contributed by atoms with E-state index < -0.39 is 0 Å². The number of aryl methyl sites for hydroxylation is 1. The Morgan fingerprint density at radius 3 is 2.75 bits per heavy atom. The van der Waals surface area contributed by atoms with Gasteiger partial charge in [-0.3, -0.25) is 4.79 Å². The molecule has 0 aliphatic rings. The third kappa shape index (κ3) is 4.99. The van der Waals surface area contributed by atoms with Crippen molar-refractivity contribution >= 4 is 12.0 Å². The summed E-state index contributed by atoms with van der Waals surface area (Å²) in [5, 5.41) is 2.93. The fraction of sp³-hybridized carbons (Fsp3) is 0.316. The Labute approximate surface area is 142 Å². The number of hydrogen-bond donors (Lipinski definition) is 1. The van der Waals surface area contributed by atoms with Crippen molar-refractivity contribution in [3.05, 3.63) is 59.6 Å². The number of methoxy groups -OCH3 is 1. The maximum atomic E-state index is 12.0. The zero-order valence-corrected chi connectivity index (χ0v) is 14.6. The Morgan fingerprint density at radius 1 is 1.33 bits per heavy atom. The predicted molar refractivity (Wildman–Crippen MR) is 94.9 cm³/mol. The van der Waals surface area contributed by atoms with Gasteiger partial charge in [0.2, 0.25) is 5.91 Å². The van der Waals surface area contributed by atoms with Crippen LogP contribution in [-0.2, 0) is 4.79 Å². The zero-order chi connectivity index (χ0) is 17.5. The SMILES string of the molecule is COc1cccc(C(CNC(=O)/C=C/c2ccc(C)o2)N(C)C)c1. The van der Waals surface area contributed by atoms with Crippen LogP contribution in [0.5, 0.6) is 5.75 Å². The molecule has 5 nitrogen and oxygen atoms in total. The molecule has 1 aromatic heterocycles. The largest absolute Gasteiger partial charge is 0.497 e. The van der Waals surface area contributed by atoms with Crippen molar-refractivity contribution in [3.8, 4) is 5.75 Å². The number of nitrogens with one attached hydrogen (secondary N) is 1. The minimum absolute atomic E-state index is 0.0586. The number of benzene rings is 1. The number of carbonyl (C=O) groups excluding carboxylic acids is 1. The molecule has 0 spiro atoms. The molecule has 0 saturated heterocycles. The minimum Gasteiger partial charge on any atom is -0.497 e.